The predicted molar refractivity (Wildman–Crippen MR) is 85.0 cm³/mol. The molecule has 0 spiro atoms. The van der Waals surface area contributed by atoms with Crippen LogP contribution in [-0.2, 0) is 4.74 Å². The monoisotopic (exact) mass is 293 g/mol. The smallest absolute Gasteiger partial charge is 0.123 e. The fourth-order valence-corrected chi connectivity index (χ4v) is 3.68. The molecule has 0 amide bonds. The second kappa shape index (κ2) is 7.37. The van der Waals surface area contributed by atoms with E-state index < -0.39 is 0 Å². The summed E-state index contributed by atoms with van der Waals surface area (Å²) in [5.41, 5.74) is 1.76. The first-order chi connectivity index (χ1) is 10.1. The summed E-state index contributed by atoms with van der Waals surface area (Å²) < 4.78 is 19.9. The van der Waals surface area contributed by atoms with Gasteiger partial charge in [-0.1, -0.05) is 38.7 Å². The van der Waals surface area contributed by atoms with Crippen LogP contribution >= 0.6 is 0 Å². The van der Waals surface area contributed by atoms with Crippen LogP contribution in [0.2, 0.25) is 0 Å². The molecule has 1 unspecified atom stereocenters. The molecule has 1 aromatic rings. The van der Waals surface area contributed by atoms with Crippen molar-refractivity contribution < 1.29 is 9.13 Å². The van der Waals surface area contributed by atoms with Gasteiger partial charge in [-0.2, -0.15) is 0 Å². The van der Waals surface area contributed by atoms with Gasteiger partial charge in [-0.3, -0.25) is 0 Å². The van der Waals surface area contributed by atoms with Gasteiger partial charge in [0, 0.05) is 7.11 Å². The number of methoxy groups -OCH3 is 1. The number of likely N-dealkylation sites (N-methyl/N-ethyl adjacent to an activating group) is 1. The van der Waals surface area contributed by atoms with Crippen molar-refractivity contribution >= 4 is 0 Å². The van der Waals surface area contributed by atoms with Gasteiger partial charge in [0.05, 0.1) is 11.6 Å². The molecule has 0 saturated heterocycles. The summed E-state index contributed by atoms with van der Waals surface area (Å²) in [6.45, 7) is 4.90. The summed E-state index contributed by atoms with van der Waals surface area (Å²) in [6.07, 6.45) is 6.99. The number of ether oxygens (including phenoxy) is 1. The van der Waals surface area contributed by atoms with Gasteiger partial charge in [-0.25, -0.2) is 4.39 Å². The first-order valence-corrected chi connectivity index (χ1v) is 8.17. The molecule has 1 aliphatic carbocycles. The van der Waals surface area contributed by atoms with Gasteiger partial charge in [0.2, 0.25) is 0 Å². The molecule has 1 atom stereocenters. The van der Waals surface area contributed by atoms with E-state index in [1.165, 1.54) is 25.7 Å². The van der Waals surface area contributed by atoms with Crippen molar-refractivity contribution in [1.82, 2.24) is 5.32 Å². The van der Waals surface area contributed by atoms with Crippen molar-refractivity contribution in [2.24, 2.45) is 0 Å². The minimum atomic E-state index is -0.216. The van der Waals surface area contributed by atoms with Crippen molar-refractivity contribution in [1.29, 1.82) is 0 Å². The van der Waals surface area contributed by atoms with Crippen LogP contribution in [-0.4, -0.2) is 19.3 Å². The molecule has 1 aromatic carbocycles. The summed E-state index contributed by atoms with van der Waals surface area (Å²) in [4.78, 5) is 0. The van der Waals surface area contributed by atoms with E-state index in [-0.39, 0.29) is 17.5 Å². The Hall–Kier alpha value is -0.930. The van der Waals surface area contributed by atoms with Gasteiger partial charge in [-0.15, -0.1) is 0 Å². The van der Waals surface area contributed by atoms with Gasteiger partial charge in [0.25, 0.3) is 0 Å². The molecule has 1 saturated carbocycles. The molecule has 118 valence electrons. The summed E-state index contributed by atoms with van der Waals surface area (Å²) in [5, 5.41) is 3.55. The van der Waals surface area contributed by atoms with E-state index in [0.29, 0.717) is 0 Å². The van der Waals surface area contributed by atoms with Crippen LogP contribution < -0.4 is 5.32 Å². The highest BCUT2D eigenvalue weighted by Crippen LogP contribution is 2.40. The maximum Gasteiger partial charge on any atom is 0.123 e. The van der Waals surface area contributed by atoms with Gasteiger partial charge >= 0.3 is 0 Å². The minimum Gasteiger partial charge on any atom is -0.376 e. The molecule has 1 fully saturated rings. The molecular weight excluding hydrogens is 265 g/mol. The lowest BCUT2D eigenvalue weighted by atomic mass is 9.81. The highest BCUT2D eigenvalue weighted by molar-refractivity contribution is 5.28. The zero-order chi connectivity index (χ0) is 15.3. The van der Waals surface area contributed by atoms with Crippen LogP contribution in [0.5, 0.6) is 0 Å². The Labute approximate surface area is 128 Å². The lowest BCUT2D eigenvalue weighted by molar-refractivity contribution is -0.0537. The standard InChI is InChI=1S/C18H28FNO/c1-4-20-17(15-11-14(2)12-16(19)13-15)18(21-3)9-7-5-6-8-10-18/h11-13,17,20H,4-10H2,1-3H3. The Kier molecular flexibility index (Phi) is 5.77. The lowest BCUT2D eigenvalue weighted by Crippen LogP contribution is -2.45. The van der Waals surface area contributed by atoms with Gasteiger partial charge < -0.3 is 10.1 Å². The number of hydrogen-bond acceptors (Lipinski definition) is 2. The molecule has 2 rings (SSSR count). The van der Waals surface area contributed by atoms with E-state index in [2.05, 4.69) is 18.3 Å². The number of halogens is 1. The Balaban J connectivity index is 2.39. The fraction of sp³-hybridized carbons (Fsp3) is 0.667. The average molecular weight is 293 g/mol. The first-order valence-electron chi connectivity index (χ1n) is 8.17. The van der Waals surface area contributed by atoms with Crippen LogP contribution in [0.15, 0.2) is 18.2 Å². The minimum absolute atomic E-state index is 0.0556. The van der Waals surface area contributed by atoms with Crippen molar-refractivity contribution in [3.05, 3.63) is 35.1 Å². The first kappa shape index (κ1) is 16.4. The van der Waals surface area contributed by atoms with Gasteiger partial charge in [0.15, 0.2) is 0 Å². The molecular formula is C18H28FNO. The quantitative estimate of drug-likeness (QED) is 0.806. The molecule has 0 aromatic heterocycles. The van der Waals surface area contributed by atoms with Gasteiger partial charge in [-0.05, 0) is 49.6 Å². The third-order valence-corrected chi connectivity index (χ3v) is 4.69. The molecule has 3 heteroatoms. The SMILES string of the molecule is CCNC(c1cc(C)cc(F)c1)C1(OC)CCCCCC1. The van der Waals surface area contributed by atoms with Crippen molar-refractivity contribution in [3.8, 4) is 0 Å². The normalized spacial score (nSPS) is 20.0. The molecule has 2 nitrogen and oxygen atoms in total. The largest absolute Gasteiger partial charge is 0.376 e. The number of benzene rings is 1. The fourth-order valence-electron chi connectivity index (χ4n) is 3.68. The van der Waals surface area contributed by atoms with E-state index in [4.69, 9.17) is 4.74 Å². The second-order valence-electron chi connectivity index (χ2n) is 6.24. The molecule has 1 aliphatic rings. The second-order valence-corrected chi connectivity index (χ2v) is 6.24. The third kappa shape index (κ3) is 3.83. The Morgan fingerprint density at radius 2 is 1.86 bits per heavy atom. The molecule has 0 heterocycles. The summed E-state index contributed by atoms with van der Waals surface area (Å²) in [6, 6.07) is 5.38. The summed E-state index contributed by atoms with van der Waals surface area (Å²) in [5.74, 6) is -0.159. The van der Waals surface area contributed by atoms with E-state index in [1.807, 2.05) is 14.0 Å². The zero-order valence-corrected chi connectivity index (χ0v) is 13.5. The van der Waals surface area contributed by atoms with E-state index >= 15 is 0 Å². The zero-order valence-electron chi connectivity index (χ0n) is 13.5. The van der Waals surface area contributed by atoms with Crippen LogP contribution in [0.4, 0.5) is 4.39 Å². The maximum absolute atomic E-state index is 13.8. The Morgan fingerprint density at radius 3 is 2.38 bits per heavy atom. The summed E-state index contributed by atoms with van der Waals surface area (Å²) in [7, 11) is 1.81. The lowest BCUT2D eigenvalue weighted by Gasteiger charge is -2.40. The van der Waals surface area contributed by atoms with Gasteiger partial charge in [0.1, 0.15) is 5.82 Å². The van der Waals surface area contributed by atoms with Crippen molar-refractivity contribution in [2.45, 2.75) is 64.0 Å². The molecule has 0 bridgehead atoms. The van der Waals surface area contributed by atoms with Crippen LogP contribution in [0, 0.1) is 12.7 Å². The van der Waals surface area contributed by atoms with Crippen LogP contribution in [0.1, 0.15) is 62.6 Å². The summed E-state index contributed by atoms with van der Waals surface area (Å²) >= 11 is 0. The van der Waals surface area contributed by atoms with Crippen LogP contribution in [0.3, 0.4) is 0 Å². The topological polar surface area (TPSA) is 21.3 Å². The number of hydrogen-bond donors (Lipinski definition) is 1. The van der Waals surface area contributed by atoms with Crippen LogP contribution in [0.25, 0.3) is 0 Å². The van der Waals surface area contributed by atoms with Crippen molar-refractivity contribution in [2.75, 3.05) is 13.7 Å². The molecule has 0 radical (unpaired) electrons. The number of aryl methyl sites for hydroxylation is 1. The molecule has 0 aliphatic heterocycles. The highest BCUT2D eigenvalue weighted by atomic mass is 19.1. The Bertz CT molecular complexity index is 432. The average Bonchev–Trinajstić information content (AvgIpc) is 2.70. The van der Waals surface area contributed by atoms with E-state index in [1.54, 1.807) is 12.1 Å². The highest BCUT2D eigenvalue weighted by Gasteiger charge is 2.39. The third-order valence-electron chi connectivity index (χ3n) is 4.69. The predicted octanol–water partition coefficient (Wildman–Crippen LogP) is 4.52. The number of nitrogens with one attached hydrogen (secondary N) is 1. The van der Waals surface area contributed by atoms with Crippen molar-refractivity contribution in [3.63, 3.8) is 0 Å². The van der Waals surface area contributed by atoms with E-state index in [0.717, 1.165) is 30.5 Å². The maximum atomic E-state index is 13.8. The molecule has 21 heavy (non-hydrogen) atoms. The van der Waals surface area contributed by atoms with E-state index in [9.17, 15) is 4.39 Å². The molecule has 1 N–H and O–H groups in total. The number of rotatable bonds is 5. The Morgan fingerprint density at radius 1 is 1.19 bits per heavy atom.